The van der Waals surface area contributed by atoms with Crippen molar-refractivity contribution in [2.75, 3.05) is 50.2 Å². The van der Waals surface area contributed by atoms with Gasteiger partial charge in [-0.05, 0) is 37.2 Å². The third-order valence-electron chi connectivity index (χ3n) is 8.20. The van der Waals surface area contributed by atoms with Gasteiger partial charge in [-0.1, -0.05) is 62.4 Å². The van der Waals surface area contributed by atoms with Crippen LogP contribution in [0.2, 0.25) is 0 Å². The number of carbonyl (C=O) groups is 1. The molecule has 1 aliphatic heterocycles. The van der Waals surface area contributed by atoms with Gasteiger partial charge >= 0.3 is 6.09 Å². The summed E-state index contributed by atoms with van der Waals surface area (Å²) in [5.41, 5.74) is 0.924. The monoisotopic (exact) mass is 541 g/mol. The molecular weight excluding hydrogens is 498 g/mol. The lowest BCUT2D eigenvalue weighted by Crippen LogP contribution is -2.49. The molecule has 0 aromatic heterocycles. The van der Waals surface area contributed by atoms with E-state index >= 15 is 0 Å². The van der Waals surface area contributed by atoms with Gasteiger partial charge in [-0.25, -0.2) is 4.79 Å². The molecule has 1 heterocycles. The molecule has 3 atom stereocenters. The van der Waals surface area contributed by atoms with E-state index in [4.69, 9.17) is 9.47 Å². The van der Waals surface area contributed by atoms with Crippen molar-refractivity contribution in [1.82, 2.24) is 5.32 Å². The zero-order chi connectivity index (χ0) is 27.6. The van der Waals surface area contributed by atoms with Crippen LogP contribution in [-0.4, -0.2) is 57.2 Å². The maximum absolute atomic E-state index is 12.9. The summed E-state index contributed by atoms with van der Waals surface area (Å²) in [6.45, 7) is 2.72. The highest BCUT2D eigenvalue weighted by Crippen LogP contribution is 2.36. The summed E-state index contributed by atoms with van der Waals surface area (Å²) >= 11 is 0. The number of ether oxygens (including phenoxy) is 2. The molecule has 2 fully saturated rings. The van der Waals surface area contributed by atoms with E-state index in [0.29, 0.717) is 43.6 Å². The maximum Gasteiger partial charge on any atom is 0.404 e. The summed E-state index contributed by atoms with van der Waals surface area (Å²) in [5, 5.41) is 15.0. The molecule has 2 unspecified atom stereocenters. The number of piperidine rings is 1. The van der Waals surface area contributed by atoms with E-state index in [1.807, 2.05) is 23.1 Å². The highest BCUT2D eigenvalue weighted by molar-refractivity contribution is 5.76. The van der Waals surface area contributed by atoms with Crippen LogP contribution < -0.4 is 26.4 Å². The third kappa shape index (κ3) is 7.82. The number of anilines is 2. The highest BCUT2D eigenvalue weighted by Gasteiger charge is 2.35. The predicted molar refractivity (Wildman–Crippen MR) is 153 cm³/mol. The number of benzene rings is 1. The summed E-state index contributed by atoms with van der Waals surface area (Å²) < 4.78 is 11.6. The first kappa shape index (κ1) is 29.1. The molecule has 1 saturated heterocycles. The number of rotatable bonds is 14. The number of nitrogens with zero attached hydrogens (tertiary/aromatic N) is 1. The van der Waals surface area contributed by atoms with Crippen LogP contribution in [0.1, 0.15) is 69.5 Å². The van der Waals surface area contributed by atoms with Crippen molar-refractivity contribution in [3.05, 3.63) is 56.3 Å². The molecule has 0 spiro atoms. The largest absolute Gasteiger partial charge is 0.465 e. The number of nitrogens with one attached hydrogen (secondary N) is 2. The third-order valence-corrected chi connectivity index (χ3v) is 8.20. The Morgan fingerprint density at radius 1 is 1.05 bits per heavy atom. The van der Waals surface area contributed by atoms with Crippen LogP contribution in [0.15, 0.2) is 39.9 Å². The Labute approximate surface area is 230 Å². The lowest BCUT2D eigenvalue weighted by Gasteiger charge is -2.39. The predicted octanol–water partition coefficient (Wildman–Crippen LogP) is 4.31. The van der Waals surface area contributed by atoms with Crippen molar-refractivity contribution >= 4 is 17.5 Å². The quantitative estimate of drug-likeness (QED) is 0.239. The van der Waals surface area contributed by atoms with Crippen LogP contribution in [0, 0.1) is 11.8 Å². The highest BCUT2D eigenvalue weighted by atomic mass is 16.5. The Bertz CT molecular complexity index is 1110. The van der Waals surface area contributed by atoms with E-state index in [2.05, 4.69) is 22.8 Å². The van der Waals surface area contributed by atoms with Crippen molar-refractivity contribution in [3.63, 3.8) is 0 Å². The van der Waals surface area contributed by atoms with Crippen molar-refractivity contribution < 1.29 is 19.4 Å². The van der Waals surface area contributed by atoms with Gasteiger partial charge in [-0.15, -0.1) is 0 Å². The molecular formula is C30H43N3O6. The van der Waals surface area contributed by atoms with Gasteiger partial charge in [0.1, 0.15) is 11.4 Å². The molecule has 2 aromatic rings. The van der Waals surface area contributed by atoms with Crippen molar-refractivity contribution in [3.8, 4) is 0 Å². The van der Waals surface area contributed by atoms with Gasteiger partial charge in [-0.3, -0.25) is 9.59 Å². The van der Waals surface area contributed by atoms with Gasteiger partial charge in [0.2, 0.25) is 0 Å². The molecule has 0 bridgehead atoms. The van der Waals surface area contributed by atoms with Gasteiger partial charge in [0, 0.05) is 51.9 Å². The Balaban J connectivity index is 1.49. The van der Waals surface area contributed by atoms with Gasteiger partial charge in [0.25, 0.3) is 10.9 Å². The average Bonchev–Trinajstić information content (AvgIpc) is 2.96. The van der Waals surface area contributed by atoms with Crippen molar-refractivity contribution in [2.45, 2.75) is 69.9 Å². The molecule has 1 saturated carbocycles. The number of hydrogen-bond acceptors (Lipinski definition) is 7. The SMILES string of the molecule is COCCCO[C@H](c1ccccc1)C1CCCN(c2c(NC(CNC(=O)O)CC3CCCCC3)c(=O)c2=O)C1. The Kier molecular flexibility index (Phi) is 10.8. The van der Waals surface area contributed by atoms with Gasteiger partial charge < -0.3 is 30.1 Å². The standard InChI is InChI=1S/C30H43N3O6/c1-38-16-9-17-39-29(22-12-6-3-7-13-22)23-14-8-15-33(20-23)26-25(27(34)28(26)35)32-24(19-31-30(36)37)18-21-10-4-2-5-11-21/h3,6-7,12-13,21,23-24,29,31-32H,2,4-5,8-11,14-20H2,1H3,(H,36,37)/t23?,24?,29-/m1/s1. The van der Waals surface area contributed by atoms with Crippen LogP contribution in [0.5, 0.6) is 0 Å². The minimum atomic E-state index is -1.09. The van der Waals surface area contributed by atoms with Gasteiger partial charge in [-0.2, -0.15) is 0 Å². The Hall–Kier alpha value is -2.91. The van der Waals surface area contributed by atoms with Crippen molar-refractivity contribution in [1.29, 1.82) is 0 Å². The zero-order valence-corrected chi connectivity index (χ0v) is 23.0. The van der Waals surface area contributed by atoms with Crippen LogP contribution in [0.25, 0.3) is 0 Å². The Morgan fingerprint density at radius 2 is 1.82 bits per heavy atom. The van der Waals surface area contributed by atoms with E-state index < -0.39 is 17.0 Å². The molecule has 2 aromatic carbocycles. The fourth-order valence-electron chi connectivity index (χ4n) is 6.27. The molecule has 3 N–H and O–H groups in total. The molecule has 214 valence electrons. The molecule has 9 nitrogen and oxygen atoms in total. The maximum atomic E-state index is 12.9. The lowest BCUT2D eigenvalue weighted by molar-refractivity contribution is -0.00235. The summed E-state index contributed by atoms with van der Waals surface area (Å²) in [4.78, 5) is 38.9. The number of carboxylic acid groups (broad SMARTS) is 1. The second-order valence-electron chi connectivity index (χ2n) is 11.0. The molecule has 0 radical (unpaired) electrons. The topological polar surface area (TPSA) is 117 Å². The first-order valence-electron chi connectivity index (χ1n) is 14.4. The minimum absolute atomic E-state index is 0.118. The fourth-order valence-corrected chi connectivity index (χ4v) is 6.27. The number of methoxy groups -OCH3 is 1. The zero-order valence-electron chi connectivity index (χ0n) is 23.0. The smallest absolute Gasteiger partial charge is 0.404 e. The van der Waals surface area contributed by atoms with E-state index in [1.54, 1.807) is 7.11 Å². The first-order chi connectivity index (χ1) is 19.0. The summed E-state index contributed by atoms with van der Waals surface area (Å²) in [5.74, 6) is 0.649. The fraction of sp³-hybridized carbons (Fsp3) is 0.633. The van der Waals surface area contributed by atoms with E-state index in [9.17, 15) is 19.5 Å². The van der Waals surface area contributed by atoms with Crippen molar-refractivity contribution in [2.24, 2.45) is 11.8 Å². The molecule has 1 aliphatic carbocycles. The number of amides is 1. The molecule has 1 amide bonds. The van der Waals surface area contributed by atoms with Crippen LogP contribution >= 0.6 is 0 Å². The normalized spacial score (nSPS) is 20.0. The number of hydrogen-bond donors (Lipinski definition) is 3. The van der Waals surface area contributed by atoms with Crippen LogP contribution in [0.3, 0.4) is 0 Å². The first-order valence-corrected chi connectivity index (χ1v) is 14.4. The second kappa shape index (κ2) is 14.5. The summed E-state index contributed by atoms with van der Waals surface area (Å²) in [6.07, 6.45) is 8.04. The van der Waals surface area contributed by atoms with E-state index in [1.165, 1.54) is 19.3 Å². The summed E-state index contributed by atoms with van der Waals surface area (Å²) in [7, 11) is 1.68. The molecule has 39 heavy (non-hydrogen) atoms. The lowest BCUT2D eigenvalue weighted by atomic mass is 9.84. The Morgan fingerprint density at radius 3 is 2.54 bits per heavy atom. The molecule has 9 heteroatoms. The second-order valence-corrected chi connectivity index (χ2v) is 11.0. The van der Waals surface area contributed by atoms with E-state index in [-0.39, 0.29) is 24.6 Å². The van der Waals surface area contributed by atoms with Crippen LogP contribution in [-0.2, 0) is 9.47 Å². The van der Waals surface area contributed by atoms with E-state index in [0.717, 1.165) is 44.1 Å². The summed E-state index contributed by atoms with van der Waals surface area (Å²) in [6, 6.07) is 9.93. The molecule has 4 rings (SSSR count). The average molecular weight is 542 g/mol. The molecule has 2 aliphatic rings. The van der Waals surface area contributed by atoms with Crippen LogP contribution in [0.4, 0.5) is 16.2 Å². The minimum Gasteiger partial charge on any atom is -0.465 e. The van der Waals surface area contributed by atoms with Gasteiger partial charge in [0.15, 0.2) is 0 Å². The van der Waals surface area contributed by atoms with Gasteiger partial charge in [0.05, 0.1) is 6.10 Å².